The molecule has 2 aromatic heterocycles. The lowest BCUT2D eigenvalue weighted by Gasteiger charge is -2.15. The molecule has 0 aliphatic rings. The topological polar surface area (TPSA) is 108 Å². The molecule has 3 N–H and O–H groups in total. The van der Waals surface area contributed by atoms with Gasteiger partial charge in [0.05, 0.1) is 10.9 Å². The molecule has 0 saturated heterocycles. The summed E-state index contributed by atoms with van der Waals surface area (Å²) < 4.78 is 0.784. The predicted octanol–water partition coefficient (Wildman–Crippen LogP) is 2.04. The molecule has 0 fully saturated rings. The molecular weight excluding hydrogens is 334 g/mol. The maximum absolute atomic E-state index is 12.8. The van der Waals surface area contributed by atoms with Crippen LogP contribution in [0.2, 0.25) is 0 Å². The highest BCUT2D eigenvalue weighted by atomic mass is 16.4. The van der Waals surface area contributed by atoms with E-state index in [1.165, 1.54) is 0 Å². The summed E-state index contributed by atoms with van der Waals surface area (Å²) in [6, 6.07) is 12.7. The second-order valence-corrected chi connectivity index (χ2v) is 6.07. The van der Waals surface area contributed by atoms with Gasteiger partial charge >= 0.3 is 11.7 Å². The van der Waals surface area contributed by atoms with E-state index in [0.717, 1.165) is 21.0 Å². The number of carbonyl (C=O) groups is 1. The maximum atomic E-state index is 12.8. The van der Waals surface area contributed by atoms with E-state index in [2.05, 4.69) is 9.97 Å². The first-order valence-corrected chi connectivity index (χ1v) is 8.07. The third-order valence-corrected chi connectivity index (χ3v) is 4.52. The van der Waals surface area contributed by atoms with Gasteiger partial charge in [0, 0.05) is 23.5 Å². The summed E-state index contributed by atoms with van der Waals surface area (Å²) in [6.07, 6.45) is 1.72. The largest absolute Gasteiger partial charge is 0.480 e. The lowest BCUT2D eigenvalue weighted by molar-refractivity contribution is -0.141. The molecule has 0 saturated carbocycles. The number of aliphatic carboxylic acids is 1. The number of carboxylic acid groups (broad SMARTS) is 1. The highest BCUT2D eigenvalue weighted by Gasteiger charge is 2.25. The van der Waals surface area contributed by atoms with Crippen molar-refractivity contribution < 1.29 is 9.90 Å². The van der Waals surface area contributed by atoms with Gasteiger partial charge in [-0.1, -0.05) is 30.3 Å². The first-order valence-electron chi connectivity index (χ1n) is 8.07. The van der Waals surface area contributed by atoms with Crippen molar-refractivity contribution in [3.05, 3.63) is 81.1 Å². The van der Waals surface area contributed by atoms with E-state index in [-0.39, 0.29) is 11.8 Å². The van der Waals surface area contributed by atoms with Gasteiger partial charge < -0.3 is 15.1 Å². The maximum Gasteiger partial charge on any atom is 0.329 e. The minimum Gasteiger partial charge on any atom is -0.480 e. The molecule has 2 heterocycles. The fraction of sp³-hybridized carbons (Fsp3) is 0.105. The molecule has 4 rings (SSSR count). The molecule has 7 nitrogen and oxygen atoms in total. The summed E-state index contributed by atoms with van der Waals surface area (Å²) in [5.41, 5.74) is 0.631. The first-order chi connectivity index (χ1) is 12.6. The molecule has 7 heteroatoms. The van der Waals surface area contributed by atoms with Crippen LogP contribution in [-0.4, -0.2) is 25.6 Å². The molecule has 0 aliphatic carbocycles. The number of para-hydroxylation sites is 2. The average Bonchev–Trinajstić information content (AvgIpc) is 3.04. The van der Waals surface area contributed by atoms with Crippen molar-refractivity contribution in [2.24, 2.45) is 0 Å². The second kappa shape index (κ2) is 6.03. The third kappa shape index (κ3) is 2.50. The summed E-state index contributed by atoms with van der Waals surface area (Å²) in [7, 11) is 0. The van der Waals surface area contributed by atoms with Crippen molar-refractivity contribution in [1.29, 1.82) is 0 Å². The van der Waals surface area contributed by atoms with Crippen molar-refractivity contribution in [1.82, 2.24) is 14.5 Å². The smallest absolute Gasteiger partial charge is 0.329 e. The van der Waals surface area contributed by atoms with E-state index >= 15 is 0 Å². The van der Waals surface area contributed by atoms with Crippen molar-refractivity contribution in [3.63, 3.8) is 0 Å². The second-order valence-electron chi connectivity index (χ2n) is 6.07. The van der Waals surface area contributed by atoms with Crippen molar-refractivity contribution >= 4 is 27.8 Å². The van der Waals surface area contributed by atoms with Crippen LogP contribution in [0.3, 0.4) is 0 Å². The van der Waals surface area contributed by atoms with Crippen LogP contribution in [0.25, 0.3) is 21.8 Å². The summed E-state index contributed by atoms with van der Waals surface area (Å²) in [5, 5.41) is 10.8. The Bertz CT molecular complexity index is 1250. The Hall–Kier alpha value is -3.61. The van der Waals surface area contributed by atoms with Crippen molar-refractivity contribution in [2.45, 2.75) is 12.5 Å². The summed E-state index contributed by atoms with van der Waals surface area (Å²) in [6.45, 7) is 0. The number of fused-ring (bicyclic) bond motifs is 2. The third-order valence-electron chi connectivity index (χ3n) is 4.52. The van der Waals surface area contributed by atoms with Gasteiger partial charge in [0.2, 0.25) is 0 Å². The molecule has 0 radical (unpaired) electrons. The van der Waals surface area contributed by atoms with Crippen molar-refractivity contribution in [2.75, 3.05) is 0 Å². The molecule has 0 amide bonds. The quantitative estimate of drug-likeness (QED) is 0.524. The van der Waals surface area contributed by atoms with E-state index in [0.29, 0.717) is 5.52 Å². The van der Waals surface area contributed by atoms with E-state index in [4.69, 9.17) is 0 Å². The van der Waals surface area contributed by atoms with Gasteiger partial charge in [0.25, 0.3) is 5.56 Å². The Labute approximate surface area is 146 Å². The van der Waals surface area contributed by atoms with E-state index in [9.17, 15) is 19.5 Å². The number of hydrogen-bond acceptors (Lipinski definition) is 3. The van der Waals surface area contributed by atoms with Gasteiger partial charge in [-0.15, -0.1) is 0 Å². The number of aromatic nitrogens is 3. The summed E-state index contributed by atoms with van der Waals surface area (Å²) in [4.78, 5) is 42.7. The zero-order valence-electron chi connectivity index (χ0n) is 13.6. The van der Waals surface area contributed by atoms with Crippen LogP contribution in [0.4, 0.5) is 0 Å². The standard InChI is InChI=1S/C19H15N3O4/c23-17-13-6-2-4-8-15(13)21-19(26)22(17)16(18(24)25)9-11-10-20-14-7-3-1-5-12(11)14/h1-8,10,16,20H,9H2,(H,21,26)(H,24,25)/t16-/m0/s1. The number of nitrogens with zero attached hydrogens (tertiary/aromatic N) is 1. The van der Waals surface area contributed by atoms with Gasteiger partial charge in [-0.25, -0.2) is 14.2 Å². The Morgan fingerprint density at radius 1 is 1.00 bits per heavy atom. The SMILES string of the molecule is O=C(O)[C@H](Cc1c[nH]c2ccccc12)n1c(=O)[nH]c2ccccc2c1=O. The minimum atomic E-state index is -1.31. The Kier molecular flexibility index (Phi) is 3.69. The number of aromatic amines is 2. The van der Waals surface area contributed by atoms with Crippen LogP contribution in [0.15, 0.2) is 64.3 Å². The Balaban J connectivity index is 1.88. The summed E-state index contributed by atoms with van der Waals surface area (Å²) >= 11 is 0. The Morgan fingerprint density at radius 3 is 2.38 bits per heavy atom. The summed E-state index contributed by atoms with van der Waals surface area (Å²) in [5.74, 6) is -1.24. The molecule has 0 aliphatic heterocycles. The zero-order valence-corrected chi connectivity index (χ0v) is 13.6. The monoisotopic (exact) mass is 349 g/mol. The normalized spacial score (nSPS) is 12.5. The predicted molar refractivity (Wildman–Crippen MR) is 97.5 cm³/mol. The van der Waals surface area contributed by atoms with E-state index in [1.807, 2.05) is 24.3 Å². The molecule has 26 heavy (non-hydrogen) atoms. The Morgan fingerprint density at radius 2 is 1.65 bits per heavy atom. The molecular formula is C19H15N3O4. The van der Waals surface area contributed by atoms with Crippen molar-refractivity contribution in [3.8, 4) is 0 Å². The van der Waals surface area contributed by atoms with Crippen LogP contribution in [0.5, 0.6) is 0 Å². The number of carboxylic acids is 1. The number of H-pyrrole nitrogens is 2. The van der Waals surface area contributed by atoms with Gasteiger partial charge in [-0.2, -0.15) is 0 Å². The van der Waals surface area contributed by atoms with E-state index < -0.39 is 23.3 Å². The van der Waals surface area contributed by atoms with Crippen LogP contribution < -0.4 is 11.2 Å². The van der Waals surface area contributed by atoms with Crippen LogP contribution in [0.1, 0.15) is 11.6 Å². The number of hydrogen-bond donors (Lipinski definition) is 3. The lowest BCUT2D eigenvalue weighted by atomic mass is 10.0. The highest BCUT2D eigenvalue weighted by Crippen LogP contribution is 2.22. The van der Waals surface area contributed by atoms with Gasteiger partial charge in [-0.05, 0) is 23.8 Å². The molecule has 2 aromatic carbocycles. The van der Waals surface area contributed by atoms with Gasteiger partial charge in [0.15, 0.2) is 0 Å². The fourth-order valence-electron chi connectivity index (χ4n) is 3.26. The van der Waals surface area contributed by atoms with Gasteiger partial charge in [-0.3, -0.25) is 4.79 Å². The number of rotatable bonds is 4. The molecule has 0 spiro atoms. The first kappa shape index (κ1) is 15.9. The number of benzene rings is 2. The van der Waals surface area contributed by atoms with Crippen LogP contribution >= 0.6 is 0 Å². The highest BCUT2D eigenvalue weighted by molar-refractivity contribution is 5.84. The molecule has 4 aromatic rings. The van der Waals surface area contributed by atoms with E-state index in [1.54, 1.807) is 30.5 Å². The molecule has 1 atom stereocenters. The molecule has 0 bridgehead atoms. The average molecular weight is 349 g/mol. The molecule has 130 valence electrons. The van der Waals surface area contributed by atoms with Gasteiger partial charge in [0.1, 0.15) is 6.04 Å². The molecule has 0 unspecified atom stereocenters. The number of nitrogens with one attached hydrogen (secondary N) is 2. The zero-order chi connectivity index (χ0) is 18.3. The van der Waals surface area contributed by atoms with Crippen LogP contribution in [0, 0.1) is 0 Å². The lowest BCUT2D eigenvalue weighted by Crippen LogP contribution is -2.41. The van der Waals surface area contributed by atoms with Crippen LogP contribution in [-0.2, 0) is 11.2 Å². The minimum absolute atomic E-state index is 0.0146. The fourth-order valence-corrected chi connectivity index (χ4v) is 3.26.